The molecule has 2 unspecified atom stereocenters. The third-order valence-electron chi connectivity index (χ3n) is 3.24. The summed E-state index contributed by atoms with van der Waals surface area (Å²) in [7, 11) is 0. The molecule has 15 heavy (non-hydrogen) atoms. The highest BCUT2D eigenvalue weighted by atomic mass is 16.5. The summed E-state index contributed by atoms with van der Waals surface area (Å²) in [5.74, 6) is 0.990. The average molecular weight is 205 g/mol. The van der Waals surface area contributed by atoms with Gasteiger partial charge in [-0.05, 0) is 37.5 Å². The van der Waals surface area contributed by atoms with Crippen LogP contribution < -0.4 is 10.5 Å². The topological polar surface area (TPSA) is 35.2 Å². The lowest BCUT2D eigenvalue weighted by atomic mass is 9.98. The number of ether oxygens (including phenoxy) is 1. The quantitative estimate of drug-likeness (QED) is 0.805. The SMILES string of the molecule is CCCC1Oc2cc(C)c(C)cc2C1N. The fraction of sp³-hybridized carbons (Fsp3) is 0.538. The van der Waals surface area contributed by atoms with Crippen LogP contribution in [0.3, 0.4) is 0 Å². The van der Waals surface area contributed by atoms with Gasteiger partial charge in [-0.25, -0.2) is 0 Å². The fourth-order valence-electron chi connectivity index (χ4n) is 2.13. The Balaban J connectivity index is 2.33. The Morgan fingerprint density at radius 1 is 1.27 bits per heavy atom. The van der Waals surface area contributed by atoms with Gasteiger partial charge in [-0.15, -0.1) is 0 Å². The van der Waals surface area contributed by atoms with E-state index in [1.165, 1.54) is 16.7 Å². The van der Waals surface area contributed by atoms with Crippen molar-refractivity contribution in [3.8, 4) is 5.75 Å². The van der Waals surface area contributed by atoms with Gasteiger partial charge in [-0.2, -0.15) is 0 Å². The third kappa shape index (κ3) is 1.74. The van der Waals surface area contributed by atoms with Gasteiger partial charge in [0, 0.05) is 5.56 Å². The van der Waals surface area contributed by atoms with Gasteiger partial charge in [-0.3, -0.25) is 0 Å². The highest BCUT2D eigenvalue weighted by Gasteiger charge is 2.30. The molecule has 0 saturated heterocycles. The van der Waals surface area contributed by atoms with Crippen molar-refractivity contribution in [3.63, 3.8) is 0 Å². The summed E-state index contributed by atoms with van der Waals surface area (Å²) < 4.78 is 5.87. The van der Waals surface area contributed by atoms with Crippen LogP contribution in [0.2, 0.25) is 0 Å². The van der Waals surface area contributed by atoms with Crippen LogP contribution in [0.5, 0.6) is 5.75 Å². The van der Waals surface area contributed by atoms with E-state index in [0.29, 0.717) is 0 Å². The minimum absolute atomic E-state index is 0.0549. The Labute approximate surface area is 91.4 Å². The number of rotatable bonds is 2. The van der Waals surface area contributed by atoms with E-state index >= 15 is 0 Å². The van der Waals surface area contributed by atoms with Gasteiger partial charge in [0.1, 0.15) is 11.9 Å². The highest BCUT2D eigenvalue weighted by molar-refractivity contribution is 5.46. The van der Waals surface area contributed by atoms with Crippen LogP contribution in [0, 0.1) is 13.8 Å². The predicted octanol–water partition coefficient (Wildman–Crippen LogP) is 2.86. The molecule has 2 rings (SSSR count). The standard InChI is InChI=1S/C13H19NO/c1-4-5-11-13(14)10-6-8(2)9(3)7-12(10)15-11/h6-7,11,13H,4-5,14H2,1-3H3. The molecule has 0 saturated carbocycles. The maximum absolute atomic E-state index is 6.17. The lowest BCUT2D eigenvalue weighted by Gasteiger charge is -2.13. The molecule has 1 aromatic carbocycles. The lowest BCUT2D eigenvalue weighted by Crippen LogP contribution is -2.24. The van der Waals surface area contributed by atoms with E-state index in [1.807, 2.05) is 0 Å². The Kier molecular flexibility index (Phi) is 2.70. The molecule has 1 heterocycles. The number of aryl methyl sites for hydroxylation is 2. The second-order valence-electron chi connectivity index (χ2n) is 4.45. The van der Waals surface area contributed by atoms with Crippen molar-refractivity contribution in [1.29, 1.82) is 0 Å². The molecule has 0 fully saturated rings. The number of hydrogen-bond acceptors (Lipinski definition) is 2. The zero-order valence-electron chi connectivity index (χ0n) is 9.71. The minimum atomic E-state index is 0.0549. The van der Waals surface area contributed by atoms with Gasteiger partial charge < -0.3 is 10.5 Å². The molecule has 1 aliphatic rings. The summed E-state index contributed by atoms with van der Waals surface area (Å²) in [5, 5.41) is 0. The van der Waals surface area contributed by atoms with Crippen molar-refractivity contribution in [2.45, 2.75) is 45.8 Å². The van der Waals surface area contributed by atoms with Crippen LogP contribution in [0.25, 0.3) is 0 Å². The van der Waals surface area contributed by atoms with E-state index in [2.05, 4.69) is 32.9 Å². The molecule has 0 aromatic heterocycles. The molecule has 0 radical (unpaired) electrons. The van der Waals surface area contributed by atoms with E-state index < -0.39 is 0 Å². The monoisotopic (exact) mass is 205 g/mol. The average Bonchev–Trinajstić information content (AvgIpc) is 2.47. The summed E-state index contributed by atoms with van der Waals surface area (Å²) in [6.07, 6.45) is 2.32. The van der Waals surface area contributed by atoms with E-state index in [1.54, 1.807) is 0 Å². The predicted molar refractivity (Wildman–Crippen MR) is 62.2 cm³/mol. The van der Waals surface area contributed by atoms with Crippen molar-refractivity contribution in [2.75, 3.05) is 0 Å². The number of fused-ring (bicyclic) bond motifs is 1. The zero-order chi connectivity index (χ0) is 11.0. The molecule has 1 aliphatic heterocycles. The summed E-state index contributed by atoms with van der Waals surface area (Å²) in [6, 6.07) is 4.34. The second kappa shape index (κ2) is 3.86. The molecule has 2 N–H and O–H groups in total. The first-order chi connectivity index (χ1) is 7.13. The molecule has 82 valence electrons. The van der Waals surface area contributed by atoms with Crippen LogP contribution in [-0.4, -0.2) is 6.10 Å². The number of nitrogens with two attached hydrogens (primary N) is 1. The molecule has 2 heteroatoms. The van der Waals surface area contributed by atoms with Crippen LogP contribution >= 0.6 is 0 Å². The molecule has 0 aliphatic carbocycles. The van der Waals surface area contributed by atoms with Crippen LogP contribution in [0.1, 0.15) is 42.5 Å². The van der Waals surface area contributed by atoms with Crippen LogP contribution in [0.4, 0.5) is 0 Å². The Morgan fingerprint density at radius 2 is 1.93 bits per heavy atom. The van der Waals surface area contributed by atoms with Gasteiger partial charge in [-0.1, -0.05) is 19.4 Å². The first-order valence-corrected chi connectivity index (χ1v) is 5.67. The Morgan fingerprint density at radius 3 is 2.60 bits per heavy atom. The molecular formula is C13H19NO. The highest BCUT2D eigenvalue weighted by Crippen LogP contribution is 2.38. The molecule has 2 nitrogen and oxygen atoms in total. The zero-order valence-corrected chi connectivity index (χ0v) is 9.71. The summed E-state index contributed by atoms with van der Waals surface area (Å²) in [6.45, 7) is 6.39. The Bertz CT molecular complexity index is 373. The van der Waals surface area contributed by atoms with E-state index in [9.17, 15) is 0 Å². The second-order valence-corrected chi connectivity index (χ2v) is 4.45. The normalized spacial score (nSPS) is 23.7. The lowest BCUT2D eigenvalue weighted by molar-refractivity contribution is 0.195. The van der Waals surface area contributed by atoms with Gasteiger partial charge in [0.25, 0.3) is 0 Å². The molecule has 1 aromatic rings. The smallest absolute Gasteiger partial charge is 0.125 e. The van der Waals surface area contributed by atoms with E-state index in [0.717, 1.165) is 18.6 Å². The first-order valence-electron chi connectivity index (χ1n) is 5.67. The van der Waals surface area contributed by atoms with Gasteiger partial charge in [0.2, 0.25) is 0 Å². The van der Waals surface area contributed by atoms with Crippen molar-refractivity contribution < 1.29 is 4.74 Å². The molecule has 0 spiro atoms. The number of benzene rings is 1. The van der Waals surface area contributed by atoms with Crippen LogP contribution in [-0.2, 0) is 0 Å². The summed E-state index contributed by atoms with van der Waals surface area (Å²) >= 11 is 0. The molecule has 0 amide bonds. The van der Waals surface area contributed by atoms with Crippen molar-refractivity contribution in [1.82, 2.24) is 0 Å². The van der Waals surface area contributed by atoms with Crippen molar-refractivity contribution >= 4 is 0 Å². The van der Waals surface area contributed by atoms with E-state index in [-0.39, 0.29) is 12.1 Å². The fourth-order valence-corrected chi connectivity index (χ4v) is 2.13. The summed E-state index contributed by atoms with van der Waals surface area (Å²) in [4.78, 5) is 0. The van der Waals surface area contributed by atoms with Gasteiger partial charge in [0.05, 0.1) is 6.04 Å². The van der Waals surface area contributed by atoms with Crippen molar-refractivity contribution in [2.24, 2.45) is 5.73 Å². The molecule has 0 bridgehead atoms. The maximum atomic E-state index is 6.17. The van der Waals surface area contributed by atoms with Gasteiger partial charge in [0.15, 0.2) is 0 Å². The summed E-state index contributed by atoms with van der Waals surface area (Å²) in [5.41, 5.74) is 9.92. The molecular weight excluding hydrogens is 186 g/mol. The number of hydrogen-bond donors (Lipinski definition) is 1. The van der Waals surface area contributed by atoms with Crippen molar-refractivity contribution in [3.05, 3.63) is 28.8 Å². The Hall–Kier alpha value is -1.02. The minimum Gasteiger partial charge on any atom is -0.488 e. The first kappa shape index (κ1) is 10.5. The largest absolute Gasteiger partial charge is 0.488 e. The molecule has 2 atom stereocenters. The van der Waals surface area contributed by atoms with Gasteiger partial charge >= 0.3 is 0 Å². The third-order valence-corrected chi connectivity index (χ3v) is 3.24. The van der Waals surface area contributed by atoms with E-state index in [4.69, 9.17) is 10.5 Å². The maximum Gasteiger partial charge on any atom is 0.125 e. The van der Waals surface area contributed by atoms with Crippen LogP contribution in [0.15, 0.2) is 12.1 Å².